The Labute approximate surface area is 219 Å². The number of rotatable bonds is 8. The Balaban J connectivity index is 1.59. The van der Waals surface area contributed by atoms with E-state index in [4.69, 9.17) is 0 Å². The zero-order valence-corrected chi connectivity index (χ0v) is 22.1. The highest BCUT2D eigenvalue weighted by Gasteiger charge is 2.52. The van der Waals surface area contributed by atoms with Crippen LogP contribution >= 0.6 is 15.9 Å². The molecule has 0 bridgehead atoms. The molecule has 36 heavy (non-hydrogen) atoms. The number of nitrogens with one attached hydrogen (secondary N) is 1. The maximum atomic E-state index is 13.8. The molecule has 6 nitrogen and oxygen atoms in total. The number of carbonyl (C=O) groups excluding carboxylic acids is 1. The molecule has 1 atom stereocenters. The highest BCUT2D eigenvalue weighted by Crippen LogP contribution is 2.41. The van der Waals surface area contributed by atoms with E-state index in [9.17, 15) is 23.1 Å². The van der Waals surface area contributed by atoms with Gasteiger partial charge in [-0.2, -0.15) is 0 Å². The summed E-state index contributed by atoms with van der Waals surface area (Å²) in [5, 5.41) is 12.5. The molecule has 0 spiro atoms. The highest BCUT2D eigenvalue weighted by atomic mass is 79.9. The van der Waals surface area contributed by atoms with Gasteiger partial charge in [-0.15, -0.1) is 0 Å². The van der Waals surface area contributed by atoms with E-state index in [0.29, 0.717) is 17.3 Å². The Bertz CT molecular complexity index is 1330. The number of halogens is 1. The van der Waals surface area contributed by atoms with Crippen molar-refractivity contribution < 1.29 is 23.1 Å². The van der Waals surface area contributed by atoms with E-state index in [0.717, 1.165) is 23.1 Å². The number of hydrogen-bond donors (Lipinski definition) is 2. The zero-order chi connectivity index (χ0) is 25.8. The van der Waals surface area contributed by atoms with Crippen molar-refractivity contribution in [2.24, 2.45) is 0 Å². The van der Waals surface area contributed by atoms with Crippen LogP contribution in [0, 0.1) is 0 Å². The summed E-state index contributed by atoms with van der Waals surface area (Å²) in [5.41, 5.74) is 2.77. The average molecular weight is 571 g/mol. The Morgan fingerprint density at radius 2 is 1.44 bits per heavy atom. The van der Waals surface area contributed by atoms with Gasteiger partial charge in [0.25, 0.3) is 0 Å². The number of sulfone groups is 1. The molecule has 1 fully saturated rings. The van der Waals surface area contributed by atoms with Crippen LogP contribution in [0.15, 0.2) is 88.2 Å². The lowest BCUT2D eigenvalue weighted by atomic mass is 9.87. The van der Waals surface area contributed by atoms with Crippen LogP contribution in [0.5, 0.6) is 0 Å². The molecule has 3 aromatic rings. The first-order chi connectivity index (χ1) is 17.2. The second kappa shape index (κ2) is 11.0. The quantitative estimate of drug-likeness (QED) is 0.378. The van der Waals surface area contributed by atoms with Crippen molar-refractivity contribution in [1.82, 2.24) is 5.32 Å². The molecule has 4 rings (SSSR count). The van der Waals surface area contributed by atoms with Crippen LogP contribution in [0.25, 0.3) is 11.1 Å². The molecule has 1 aliphatic rings. The first-order valence-corrected chi connectivity index (χ1v) is 14.2. The minimum atomic E-state index is -4.09. The van der Waals surface area contributed by atoms with Gasteiger partial charge in [-0.05, 0) is 57.6 Å². The van der Waals surface area contributed by atoms with Crippen molar-refractivity contribution in [2.45, 2.75) is 54.2 Å². The summed E-state index contributed by atoms with van der Waals surface area (Å²) in [4.78, 5) is 25.8. The molecule has 0 heterocycles. The third kappa shape index (κ3) is 5.25. The van der Waals surface area contributed by atoms with Gasteiger partial charge in [0, 0.05) is 10.9 Å². The Morgan fingerprint density at radius 1 is 0.861 bits per heavy atom. The number of benzene rings is 3. The van der Waals surface area contributed by atoms with Gasteiger partial charge >= 0.3 is 5.97 Å². The van der Waals surface area contributed by atoms with Crippen molar-refractivity contribution in [3.8, 4) is 11.1 Å². The first kappa shape index (κ1) is 26.1. The van der Waals surface area contributed by atoms with Gasteiger partial charge in [0.2, 0.25) is 5.91 Å². The van der Waals surface area contributed by atoms with E-state index >= 15 is 0 Å². The van der Waals surface area contributed by atoms with Gasteiger partial charge in [-0.3, -0.25) is 4.79 Å². The maximum absolute atomic E-state index is 13.8. The van der Waals surface area contributed by atoms with Crippen molar-refractivity contribution in [3.05, 3.63) is 88.9 Å². The first-order valence-electron chi connectivity index (χ1n) is 11.9. The highest BCUT2D eigenvalue weighted by molar-refractivity contribution is 9.10. The third-order valence-electron chi connectivity index (χ3n) is 6.82. The number of carboxylic acid groups (broad SMARTS) is 1. The van der Waals surface area contributed by atoms with E-state index in [1.807, 2.05) is 54.6 Å². The molecule has 0 radical (unpaired) electrons. The molecule has 1 aliphatic carbocycles. The fourth-order valence-corrected chi connectivity index (χ4v) is 7.86. The van der Waals surface area contributed by atoms with Crippen molar-refractivity contribution in [3.63, 3.8) is 0 Å². The number of hydrogen-bond acceptors (Lipinski definition) is 4. The Hall–Kier alpha value is -2.97. The topological polar surface area (TPSA) is 101 Å². The summed E-state index contributed by atoms with van der Waals surface area (Å²) >= 11 is 3.31. The van der Waals surface area contributed by atoms with Crippen LogP contribution in [-0.2, 0) is 25.8 Å². The van der Waals surface area contributed by atoms with Gasteiger partial charge in [-0.1, -0.05) is 86.0 Å². The fourth-order valence-electron chi connectivity index (χ4n) is 4.80. The standard InChI is InChI=1S/C28H28BrNO5S/c29-23-11-5-6-12-25(23)36(34,35)28(17-7-2-8-18-28)27(33)30-24(26(31)32)19-20-13-15-22(16-14-20)21-9-3-1-4-10-21/h1,3-6,9-16,24H,2,7-8,17-19H2,(H,30,33)(H,31,32)/t24-/m0/s1. The van der Waals surface area contributed by atoms with Crippen LogP contribution in [0.4, 0.5) is 0 Å². The van der Waals surface area contributed by atoms with E-state index < -0.39 is 32.5 Å². The zero-order valence-electron chi connectivity index (χ0n) is 19.7. The minimum Gasteiger partial charge on any atom is -0.480 e. The molecule has 1 amide bonds. The molecule has 2 N–H and O–H groups in total. The summed E-state index contributed by atoms with van der Waals surface area (Å²) in [6.45, 7) is 0. The predicted octanol–water partition coefficient (Wildman–Crippen LogP) is 5.40. The average Bonchev–Trinajstić information content (AvgIpc) is 2.89. The van der Waals surface area contributed by atoms with Gasteiger partial charge in [0.05, 0.1) is 4.90 Å². The van der Waals surface area contributed by atoms with Crippen LogP contribution < -0.4 is 5.32 Å². The van der Waals surface area contributed by atoms with E-state index in [1.165, 1.54) is 6.07 Å². The second-order valence-corrected chi connectivity index (χ2v) is 12.2. The van der Waals surface area contributed by atoms with Gasteiger partial charge in [0.1, 0.15) is 6.04 Å². The van der Waals surface area contributed by atoms with E-state index in [2.05, 4.69) is 21.2 Å². The molecule has 8 heteroatoms. The number of carboxylic acids is 1. The van der Waals surface area contributed by atoms with Crippen molar-refractivity contribution >= 4 is 37.6 Å². The number of amides is 1. The smallest absolute Gasteiger partial charge is 0.326 e. The molecule has 1 saturated carbocycles. The predicted molar refractivity (Wildman–Crippen MR) is 142 cm³/mol. The molecule has 188 valence electrons. The molecular formula is C28H28BrNO5S. The fraction of sp³-hybridized carbons (Fsp3) is 0.286. The van der Waals surface area contributed by atoms with Crippen LogP contribution in [0.1, 0.15) is 37.7 Å². The minimum absolute atomic E-state index is 0.0430. The molecule has 3 aromatic carbocycles. The monoisotopic (exact) mass is 569 g/mol. The lowest BCUT2D eigenvalue weighted by Crippen LogP contribution is -2.57. The summed E-state index contributed by atoms with van der Waals surface area (Å²) in [5.74, 6) is -1.95. The van der Waals surface area contributed by atoms with Crippen LogP contribution in [0.2, 0.25) is 0 Å². The van der Waals surface area contributed by atoms with Crippen molar-refractivity contribution in [2.75, 3.05) is 0 Å². The van der Waals surface area contributed by atoms with Crippen LogP contribution in [0.3, 0.4) is 0 Å². The third-order valence-corrected chi connectivity index (χ3v) is 10.3. The normalized spacial score (nSPS) is 16.1. The largest absolute Gasteiger partial charge is 0.480 e. The van der Waals surface area contributed by atoms with Gasteiger partial charge in [0.15, 0.2) is 14.6 Å². The second-order valence-electron chi connectivity index (χ2n) is 9.12. The number of carbonyl (C=O) groups is 2. The summed E-state index contributed by atoms with van der Waals surface area (Å²) in [6, 6.07) is 22.5. The summed E-state index contributed by atoms with van der Waals surface area (Å²) in [6.07, 6.45) is 2.34. The Kier molecular flexibility index (Phi) is 7.95. The molecule has 0 unspecified atom stereocenters. The van der Waals surface area contributed by atoms with Crippen LogP contribution in [-0.4, -0.2) is 36.2 Å². The lowest BCUT2D eigenvalue weighted by Gasteiger charge is -2.36. The molecule has 0 saturated heterocycles. The molecular weight excluding hydrogens is 542 g/mol. The number of aliphatic carboxylic acids is 1. The van der Waals surface area contributed by atoms with Gasteiger partial charge in [-0.25, -0.2) is 13.2 Å². The lowest BCUT2D eigenvalue weighted by molar-refractivity contribution is -0.142. The Morgan fingerprint density at radius 3 is 2.06 bits per heavy atom. The maximum Gasteiger partial charge on any atom is 0.326 e. The molecule has 0 aromatic heterocycles. The SMILES string of the molecule is O=C(O)[C@H](Cc1ccc(-c2ccccc2)cc1)NC(=O)C1(S(=O)(=O)c2ccccc2Br)CCCCC1. The van der Waals surface area contributed by atoms with Crippen molar-refractivity contribution in [1.29, 1.82) is 0 Å². The summed E-state index contributed by atoms with van der Waals surface area (Å²) in [7, 11) is -4.09. The van der Waals surface area contributed by atoms with Gasteiger partial charge < -0.3 is 10.4 Å². The van der Waals surface area contributed by atoms with E-state index in [-0.39, 0.29) is 24.2 Å². The summed E-state index contributed by atoms with van der Waals surface area (Å²) < 4.78 is 26.3. The van der Waals surface area contributed by atoms with E-state index in [1.54, 1.807) is 18.2 Å². The molecule has 0 aliphatic heterocycles.